The van der Waals surface area contributed by atoms with Crippen LogP contribution in [0.25, 0.3) is 0 Å². The number of hydrogen-bond acceptors (Lipinski definition) is 2. The van der Waals surface area contributed by atoms with E-state index in [1.54, 1.807) is 5.57 Å². The topological polar surface area (TPSA) is 24.4 Å². The molecule has 0 aromatic heterocycles. The molecule has 2 nitrogen and oxygen atoms in total. The van der Waals surface area contributed by atoms with Gasteiger partial charge in [-0.1, -0.05) is 72.2 Å². The van der Waals surface area contributed by atoms with Crippen molar-refractivity contribution in [1.82, 2.24) is 5.32 Å². The molecule has 25 heavy (non-hydrogen) atoms. The van der Waals surface area contributed by atoms with Gasteiger partial charge in [-0.3, -0.25) is 4.99 Å². The van der Waals surface area contributed by atoms with Crippen LogP contribution in [-0.2, 0) is 0 Å². The molecule has 1 heterocycles. The normalized spacial score (nSPS) is 24.2. The lowest BCUT2D eigenvalue weighted by Crippen LogP contribution is -2.23. The Morgan fingerprint density at radius 2 is 2.08 bits per heavy atom. The highest BCUT2D eigenvalue weighted by Gasteiger charge is 2.30. The molecule has 1 atom stereocenters. The molecule has 2 rings (SSSR count). The summed E-state index contributed by atoms with van der Waals surface area (Å²) < 4.78 is 0.0632. The molecular formula is C22H33BrN2. The molecule has 0 amide bonds. The van der Waals surface area contributed by atoms with Crippen molar-refractivity contribution in [2.75, 3.05) is 13.1 Å². The van der Waals surface area contributed by atoms with Crippen LogP contribution in [0.5, 0.6) is 0 Å². The zero-order valence-electron chi connectivity index (χ0n) is 16.2. The third-order valence-electron chi connectivity index (χ3n) is 4.92. The Labute approximate surface area is 162 Å². The highest BCUT2D eigenvalue weighted by atomic mass is 79.9. The van der Waals surface area contributed by atoms with Crippen molar-refractivity contribution >= 4 is 22.1 Å². The molecule has 0 saturated carbocycles. The van der Waals surface area contributed by atoms with Crippen LogP contribution in [0.4, 0.5) is 0 Å². The number of rotatable bonds is 7. The van der Waals surface area contributed by atoms with Gasteiger partial charge in [0.05, 0.1) is 0 Å². The maximum Gasteiger partial charge on any atom is 0.0477 e. The molecule has 3 heteroatoms. The summed E-state index contributed by atoms with van der Waals surface area (Å²) in [5, 5.41) is 3.39. The van der Waals surface area contributed by atoms with E-state index in [0.29, 0.717) is 5.92 Å². The van der Waals surface area contributed by atoms with E-state index >= 15 is 0 Å². The summed E-state index contributed by atoms with van der Waals surface area (Å²) in [7, 11) is 0. The number of nitrogens with one attached hydrogen (secondary N) is 1. The Hall–Kier alpha value is -0.930. The van der Waals surface area contributed by atoms with E-state index in [4.69, 9.17) is 4.99 Å². The van der Waals surface area contributed by atoms with Crippen molar-refractivity contribution < 1.29 is 0 Å². The van der Waals surface area contributed by atoms with Crippen LogP contribution in [-0.4, -0.2) is 23.6 Å². The average Bonchev–Trinajstić information content (AvgIpc) is 2.84. The summed E-state index contributed by atoms with van der Waals surface area (Å²) >= 11 is 3.99. The Balaban J connectivity index is 2.13. The zero-order valence-corrected chi connectivity index (χ0v) is 17.8. The van der Waals surface area contributed by atoms with Crippen LogP contribution in [0, 0.1) is 5.92 Å². The highest BCUT2D eigenvalue weighted by Crippen LogP contribution is 2.42. The standard InChI is InChI=1S/C22H33BrN2/c1-5-24-14-12-18-9-8-11-20(25-16-18)15-19-10-6-7-13-22(4,23)21(19)17(2)3/h6-7,9,11,16-17,24H,5,8,10,12-15H2,1-4H3/t22-/m0/s1. The van der Waals surface area contributed by atoms with Gasteiger partial charge in [0.2, 0.25) is 0 Å². The largest absolute Gasteiger partial charge is 0.317 e. The molecule has 0 spiro atoms. The minimum atomic E-state index is 0.0632. The van der Waals surface area contributed by atoms with Gasteiger partial charge in [0.1, 0.15) is 0 Å². The molecule has 1 aliphatic carbocycles. The second kappa shape index (κ2) is 9.68. The van der Waals surface area contributed by atoms with E-state index < -0.39 is 0 Å². The van der Waals surface area contributed by atoms with Gasteiger partial charge in [0.25, 0.3) is 0 Å². The minimum Gasteiger partial charge on any atom is -0.317 e. The van der Waals surface area contributed by atoms with Crippen LogP contribution in [0.2, 0.25) is 0 Å². The van der Waals surface area contributed by atoms with Gasteiger partial charge in [-0.15, -0.1) is 0 Å². The SMILES string of the molecule is CCNCCC1=CCC=C(CC2=C(C(C)C)[C@@](C)(Br)CC=CC2)N=C1. The number of hydrogen-bond donors (Lipinski definition) is 1. The molecule has 0 aromatic carbocycles. The predicted octanol–water partition coefficient (Wildman–Crippen LogP) is 6.12. The highest BCUT2D eigenvalue weighted by molar-refractivity contribution is 9.10. The van der Waals surface area contributed by atoms with Crippen molar-refractivity contribution in [2.45, 2.75) is 64.1 Å². The van der Waals surface area contributed by atoms with Gasteiger partial charge in [-0.05, 0) is 57.2 Å². The van der Waals surface area contributed by atoms with Gasteiger partial charge in [-0.2, -0.15) is 0 Å². The van der Waals surface area contributed by atoms with E-state index in [9.17, 15) is 0 Å². The van der Waals surface area contributed by atoms with Gasteiger partial charge >= 0.3 is 0 Å². The van der Waals surface area contributed by atoms with Crippen molar-refractivity contribution in [3.8, 4) is 0 Å². The van der Waals surface area contributed by atoms with Crippen molar-refractivity contribution in [1.29, 1.82) is 0 Å². The fourth-order valence-corrected chi connectivity index (χ4v) is 4.75. The Morgan fingerprint density at radius 1 is 1.28 bits per heavy atom. The van der Waals surface area contributed by atoms with Crippen molar-refractivity contribution in [3.05, 3.63) is 46.7 Å². The first-order valence-electron chi connectivity index (χ1n) is 9.63. The fourth-order valence-electron chi connectivity index (χ4n) is 3.83. The van der Waals surface area contributed by atoms with Crippen molar-refractivity contribution in [3.63, 3.8) is 0 Å². The number of allylic oxidation sites excluding steroid dienone is 6. The second-order valence-corrected chi connectivity index (χ2v) is 9.25. The summed E-state index contributed by atoms with van der Waals surface area (Å²) in [6, 6.07) is 0. The maximum atomic E-state index is 4.82. The lowest BCUT2D eigenvalue weighted by molar-refractivity contribution is 0.624. The third kappa shape index (κ3) is 6.07. The first kappa shape index (κ1) is 20.4. The zero-order chi connectivity index (χ0) is 18.3. The monoisotopic (exact) mass is 404 g/mol. The Morgan fingerprint density at radius 3 is 2.80 bits per heavy atom. The number of nitrogens with zero attached hydrogens (tertiary/aromatic N) is 1. The first-order chi connectivity index (χ1) is 11.9. The average molecular weight is 405 g/mol. The summed E-state index contributed by atoms with van der Waals surface area (Å²) in [6.07, 6.45) is 16.4. The molecule has 0 fully saturated rings. The van der Waals surface area contributed by atoms with E-state index in [1.807, 2.05) is 0 Å². The van der Waals surface area contributed by atoms with E-state index in [1.165, 1.54) is 16.8 Å². The minimum absolute atomic E-state index is 0.0632. The molecule has 1 aliphatic heterocycles. The molecule has 1 N–H and O–H groups in total. The summed E-state index contributed by atoms with van der Waals surface area (Å²) in [5.74, 6) is 0.545. The lowest BCUT2D eigenvalue weighted by atomic mass is 9.84. The van der Waals surface area contributed by atoms with Crippen molar-refractivity contribution in [2.24, 2.45) is 10.9 Å². The van der Waals surface area contributed by atoms with E-state index in [2.05, 4.69) is 79.5 Å². The summed E-state index contributed by atoms with van der Waals surface area (Å²) in [5.41, 5.74) is 5.64. The molecule has 2 aliphatic rings. The van der Waals surface area contributed by atoms with Crippen LogP contribution >= 0.6 is 15.9 Å². The summed E-state index contributed by atoms with van der Waals surface area (Å²) in [4.78, 5) is 4.82. The molecular weight excluding hydrogens is 372 g/mol. The van der Waals surface area contributed by atoms with Crippen LogP contribution in [0.1, 0.15) is 59.8 Å². The van der Waals surface area contributed by atoms with Crippen LogP contribution in [0.3, 0.4) is 0 Å². The van der Waals surface area contributed by atoms with Gasteiger partial charge in [0.15, 0.2) is 0 Å². The molecule has 0 aromatic rings. The van der Waals surface area contributed by atoms with E-state index in [-0.39, 0.29) is 4.32 Å². The Kier molecular flexibility index (Phi) is 7.89. The third-order valence-corrected chi connectivity index (χ3v) is 5.67. The lowest BCUT2D eigenvalue weighted by Gasteiger charge is -2.30. The molecule has 0 unspecified atom stereocenters. The predicted molar refractivity (Wildman–Crippen MR) is 115 cm³/mol. The van der Waals surface area contributed by atoms with Crippen LogP contribution in [0.15, 0.2) is 51.7 Å². The van der Waals surface area contributed by atoms with Crippen LogP contribution < -0.4 is 5.32 Å². The quantitative estimate of drug-likeness (QED) is 0.308. The molecule has 138 valence electrons. The molecule has 0 radical (unpaired) electrons. The number of halogens is 1. The molecule has 0 bridgehead atoms. The number of aliphatic imine (C=N–C) groups is 1. The second-order valence-electron chi connectivity index (χ2n) is 7.50. The van der Waals surface area contributed by atoms with Gasteiger partial charge in [-0.25, -0.2) is 0 Å². The first-order valence-corrected chi connectivity index (χ1v) is 10.4. The summed E-state index contributed by atoms with van der Waals surface area (Å²) in [6.45, 7) is 11.1. The Bertz CT molecular complexity index is 604. The fraction of sp³-hybridized carbons (Fsp3) is 0.591. The van der Waals surface area contributed by atoms with E-state index in [0.717, 1.165) is 45.2 Å². The van der Waals surface area contributed by atoms with Gasteiger partial charge in [0, 0.05) is 22.7 Å². The van der Waals surface area contributed by atoms with Gasteiger partial charge < -0.3 is 5.32 Å². The molecule has 0 saturated heterocycles. The maximum absolute atomic E-state index is 4.82. The number of alkyl halides is 1. The smallest absolute Gasteiger partial charge is 0.0477 e.